The lowest BCUT2D eigenvalue weighted by atomic mass is 10.2. The highest BCUT2D eigenvalue weighted by molar-refractivity contribution is 5.91. The monoisotopic (exact) mass is 278 g/mol. The second kappa shape index (κ2) is 5.83. The first-order valence-electron chi connectivity index (χ1n) is 5.62. The van der Waals surface area contributed by atoms with Gasteiger partial charge in [-0.2, -0.15) is 0 Å². The molecule has 2 rings (SSSR count). The number of halogens is 1. The van der Waals surface area contributed by atoms with E-state index >= 15 is 0 Å². The van der Waals surface area contributed by atoms with Crippen LogP contribution in [-0.4, -0.2) is 27.1 Å². The van der Waals surface area contributed by atoms with Crippen LogP contribution in [-0.2, 0) is 6.54 Å². The van der Waals surface area contributed by atoms with Gasteiger partial charge in [-0.05, 0) is 18.2 Å². The molecule has 4 N–H and O–H groups in total. The van der Waals surface area contributed by atoms with E-state index < -0.39 is 23.4 Å². The van der Waals surface area contributed by atoms with E-state index in [2.05, 4.69) is 20.6 Å². The van der Waals surface area contributed by atoms with Crippen LogP contribution in [0.4, 0.5) is 14.9 Å². The molecule has 0 atom stereocenters. The molecule has 0 spiro atoms. The topological polar surface area (TPSA) is 107 Å². The number of aromatic amines is 1. The standard InChI is InChI=1S/C12H11FN4O3/c13-9-5-7(1-2-8(9)11(18)19)17-12(20)16-6-10-14-3-4-15-10/h1-5H,6H2,(H,14,15)(H,18,19)(H2,16,17,20). The molecule has 0 radical (unpaired) electrons. The molecule has 0 saturated heterocycles. The van der Waals surface area contributed by atoms with E-state index in [9.17, 15) is 14.0 Å². The fraction of sp³-hybridized carbons (Fsp3) is 0.0833. The van der Waals surface area contributed by atoms with Crippen molar-refractivity contribution in [3.05, 3.63) is 47.8 Å². The first-order chi connectivity index (χ1) is 9.56. The molecule has 7 nitrogen and oxygen atoms in total. The summed E-state index contributed by atoms with van der Waals surface area (Å²) >= 11 is 0. The number of carboxylic acid groups (broad SMARTS) is 1. The van der Waals surface area contributed by atoms with Crippen molar-refractivity contribution in [3.63, 3.8) is 0 Å². The number of hydrogen-bond acceptors (Lipinski definition) is 3. The van der Waals surface area contributed by atoms with Gasteiger partial charge in [-0.3, -0.25) is 0 Å². The maximum atomic E-state index is 13.4. The molecule has 0 bridgehead atoms. The van der Waals surface area contributed by atoms with Gasteiger partial charge in [-0.1, -0.05) is 0 Å². The highest BCUT2D eigenvalue weighted by atomic mass is 19.1. The number of hydrogen-bond donors (Lipinski definition) is 4. The summed E-state index contributed by atoms with van der Waals surface area (Å²) in [6.45, 7) is 0.189. The van der Waals surface area contributed by atoms with E-state index in [-0.39, 0.29) is 12.2 Å². The Hall–Kier alpha value is -2.90. The molecule has 0 saturated carbocycles. The smallest absolute Gasteiger partial charge is 0.338 e. The summed E-state index contributed by atoms with van der Waals surface area (Å²) in [6, 6.07) is 2.78. The van der Waals surface area contributed by atoms with Crippen molar-refractivity contribution in [1.29, 1.82) is 0 Å². The van der Waals surface area contributed by atoms with Crippen molar-refractivity contribution in [1.82, 2.24) is 15.3 Å². The van der Waals surface area contributed by atoms with Gasteiger partial charge in [0.15, 0.2) is 0 Å². The molecule has 1 aromatic carbocycles. The molecule has 0 unspecified atom stereocenters. The van der Waals surface area contributed by atoms with Crippen molar-refractivity contribution in [2.75, 3.05) is 5.32 Å². The summed E-state index contributed by atoms with van der Waals surface area (Å²) in [5, 5.41) is 13.6. The molecule has 0 aliphatic carbocycles. The largest absolute Gasteiger partial charge is 0.478 e. The van der Waals surface area contributed by atoms with Gasteiger partial charge >= 0.3 is 12.0 Å². The number of anilines is 1. The van der Waals surface area contributed by atoms with E-state index in [1.165, 1.54) is 6.07 Å². The molecular weight excluding hydrogens is 267 g/mol. The Balaban J connectivity index is 1.94. The van der Waals surface area contributed by atoms with Crippen LogP contribution >= 0.6 is 0 Å². The zero-order chi connectivity index (χ0) is 14.5. The Labute approximate surface area is 112 Å². The van der Waals surface area contributed by atoms with Crippen LogP contribution in [0, 0.1) is 5.82 Å². The third-order valence-electron chi connectivity index (χ3n) is 2.43. The molecule has 0 aliphatic rings. The van der Waals surface area contributed by atoms with Crippen molar-refractivity contribution in [2.24, 2.45) is 0 Å². The summed E-state index contributed by atoms with van der Waals surface area (Å²) in [6.07, 6.45) is 3.17. The van der Waals surface area contributed by atoms with E-state index in [4.69, 9.17) is 5.11 Å². The number of rotatable bonds is 4. The van der Waals surface area contributed by atoms with Crippen molar-refractivity contribution < 1.29 is 19.1 Å². The summed E-state index contributed by atoms with van der Waals surface area (Å²) < 4.78 is 13.4. The van der Waals surface area contributed by atoms with Crippen LogP contribution in [0.1, 0.15) is 16.2 Å². The Morgan fingerprint density at radius 2 is 2.20 bits per heavy atom. The highest BCUT2D eigenvalue weighted by Crippen LogP contribution is 2.14. The van der Waals surface area contributed by atoms with Crippen LogP contribution in [0.15, 0.2) is 30.6 Å². The van der Waals surface area contributed by atoms with Gasteiger partial charge in [-0.15, -0.1) is 0 Å². The van der Waals surface area contributed by atoms with Gasteiger partial charge in [0.2, 0.25) is 0 Å². The number of carboxylic acids is 1. The zero-order valence-electron chi connectivity index (χ0n) is 10.2. The van der Waals surface area contributed by atoms with E-state index in [1.807, 2.05) is 0 Å². The average Bonchev–Trinajstić information content (AvgIpc) is 2.89. The predicted octanol–water partition coefficient (Wildman–Crippen LogP) is 1.57. The number of carbonyl (C=O) groups is 2. The van der Waals surface area contributed by atoms with Gasteiger partial charge in [0.25, 0.3) is 0 Å². The van der Waals surface area contributed by atoms with Crippen LogP contribution in [0.25, 0.3) is 0 Å². The lowest BCUT2D eigenvalue weighted by molar-refractivity contribution is 0.0692. The molecule has 2 aromatic rings. The van der Waals surface area contributed by atoms with Crippen LogP contribution < -0.4 is 10.6 Å². The number of amides is 2. The minimum Gasteiger partial charge on any atom is -0.478 e. The second-order valence-electron chi connectivity index (χ2n) is 3.84. The quantitative estimate of drug-likeness (QED) is 0.680. The molecule has 104 valence electrons. The van der Waals surface area contributed by atoms with E-state index in [1.54, 1.807) is 12.4 Å². The third kappa shape index (κ3) is 3.31. The minimum atomic E-state index is -1.36. The van der Waals surface area contributed by atoms with Crippen molar-refractivity contribution >= 4 is 17.7 Å². The van der Waals surface area contributed by atoms with Crippen molar-refractivity contribution in [3.8, 4) is 0 Å². The lowest BCUT2D eigenvalue weighted by Gasteiger charge is -2.07. The Bertz CT molecular complexity index is 628. The summed E-state index contributed by atoms with van der Waals surface area (Å²) in [7, 11) is 0. The number of nitrogens with zero attached hydrogens (tertiary/aromatic N) is 1. The van der Waals surface area contributed by atoms with Gasteiger partial charge in [0.1, 0.15) is 11.6 Å². The van der Waals surface area contributed by atoms with E-state index in [0.717, 1.165) is 12.1 Å². The molecule has 1 aromatic heterocycles. The summed E-state index contributed by atoms with van der Waals surface area (Å²) in [5.41, 5.74) is -0.295. The Kier molecular flexibility index (Phi) is 3.94. The number of urea groups is 1. The number of benzene rings is 1. The minimum absolute atomic E-state index is 0.157. The van der Waals surface area contributed by atoms with Crippen LogP contribution in [0.5, 0.6) is 0 Å². The number of H-pyrrole nitrogens is 1. The van der Waals surface area contributed by atoms with Gasteiger partial charge in [0.05, 0.1) is 12.1 Å². The molecule has 1 heterocycles. The van der Waals surface area contributed by atoms with Gasteiger partial charge in [0, 0.05) is 18.1 Å². The normalized spacial score (nSPS) is 10.1. The molecule has 0 aliphatic heterocycles. The first-order valence-corrected chi connectivity index (χ1v) is 5.62. The molecule has 20 heavy (non-hydrogen) atoms. The first kappa shape index (κ1) is 13.5. The van der Waals surface area contributed by atoms with Crippen LogP contribution in [0.2, 0.25) is 0 Å². The van der Waals surface area contributed by atoms with Gasteiger partial charge in [-0.25, -0.2) is 19.0 Å². The molecule has 2 amide bonds. The number of carbonyl (C=O) groups excluding carboxylic acids is 1. The number of nitrogens with one attached hydrogen (secondary N) is 3. The third-order valence-corrected chi connectivity index (χ3v) is 2.43. The highest BCUT2D eigenvalue weighted by Gasteiger charge is 2.11. The Morgan fingerprint density at radius 1 is 1.40 bits per heavy atom. The summed E-state index contributed by atoms with van der Waals surface area (Å²) in [5.74, 6) is -1.70. The molecular formula is C12H11FN4O3. The number of aromatic carboxylic acids is 1. The maximum absolute atomic E-state index is 13.4. The molecule has 0 fully saturated rings. The predicted molar refractivity (Wildman–Crippen MR) is 67.8 cm³/mol. The summed E-state index contributed by atoms with van der Waals surface area (Å²) in [4.78, 5) is 28.9. The van der Waals surface area contributed by atoms with Gasteiger partial charge < -0.3 is 20.7 Å². The number of imidazole rings is 1. The Morgan fingerprint density at radius 3 is 2.80 bits per heavy atom. The zero-order valence-corrected chi connectivity index (χ0v) is 10.2. The average molecular weight is 278 g/mol. The lowest BCUT2D eigenvalue weighted by Crippen LogP contribution is -2.28. The van der Waals surface area contributed by atoms with Crippen LogP contribution in [0.3, 0.4) is 0 Å². The SMILES string of the molecule is O=C(NCc1ncc[nH]1)Nc1ccc(C(=O)O)c(F)c1. The fourth-order valence-electron chi connectivity index (χ4n) is 1.50. The van der Waals surface area contributed by atoms with Crippen molar-refractivity contribution in [2.45, 2.75) is 6.54 Å². The maximum Gasteiger partial charge on any atom is 0.338 e. The fourth-order valence-corrected chi connectivity index (χ4v) is 1.50. The second-order valence-corrected chi connectivity index (χ2v) is 3.84. The van der Waals surface area contributed by atoms with E-state index in [0.29, 0.717) is 5.82 Å². The number of aromatic nitrogens is 2. The molecule has 8 heteroatoms.